The number of nitrogens with zero attached hydrogens (tertiary/aromatic N) is 1. The summed E-state index contributed by atoms with van der Waals surface area (Å²) in [7, 11) is -1.97. The van der Waals surface area contributed by atoms with Gasteiger partial charge in [0.2, 0.25) is 10.0 Å². The molecule has 1 aliphatic carbocycles. The largest absolute Gasteiger partial charge is 0.391 e. The molecule has 1 atom stereocenters. The van der Waals surface area contributed by atoms with Crippen molar-refractivity contribution in [3.63, 3.8) is 0 Å². The van der Waals surface area contributed by atoms with E-state index in [2.05, 4.69) is 0 Å². The van der Waals surface area contributed by atoms with Crippen molar-refractivity contribution in [1.29, 1.82) is 0 Å². The molecule has 1 fully saturated rings. The second-order valence-electron chi connectivity index (χ2n) is 5.48. The summed E-state index contributed by atoms with van der Waals surface area (Å²) in [5.74, 6) is 0.452. The van der Waals surface area contributed by atoms with E-state index in [1.807, 2.05) is 6.92 Å². The van der Waals surface area contributed by atoms with E-state index in [1.54, 1.807) is 24.4 Å². The summed E-state index contributed by atoms with van der Waals surface area (Å²) in [4.78, 5) is 1.72. The minimum absolute atomic E-state index is 0.0120. The molecule has 1 aromatic heterocycles. The second kappa shape index (κ2) is 6.75. The van der Waals surface area contributed by atoms with Gasteiger partial charge in [-0.3, -0.25) is 0 Å². The van der Waals surface area contributed by atoms with Crippen LogP contribution in [0.3, 0.4) is 0 Å². The minimum atomic E-state index is -3.54. The molecule has 0 spiro atoms. The lowest BCUT2D eigenvalue weighted by atomic mass is 10.2. The van der Waals surface area contributed by atoms with E-state index in [-0.39, 0.29) is 12.6 Å². The summed E-state index contributed by atoms with van der Waals surface area (Å²) < 4.78 is 32.5. The lowest BCUT2D eigenvalue weighted by Crippen LogP contribution is -2.41. The fourth-order valence-electron chi connectivity index (χ4n) is 2.52. The summed E-state index contributed by atoms with van der Waals surface area (Å²) >= 11 is 1.33. The topological polar surface area (TPSA) is 66.8 Å². The van der Waals surface area contributed by atoms with Gasteiger partial charge in [0, 0.05) is 29.5 Å². The maximum atomic E-state index is 13.0. The molecule has 0 amide bonds. The maximum Gasteiger partial charge on any atom is 0.244 e. The first kappa shape index (κ1) is 16.9. The van der Waals surface area contributed by atoms with Crippen molar-refractivity contribution in [2.45, 2.75) is 44.2 Å². The van der Waals surface area contributed by atoms with E-state index in [9.17, 15) is 13.5 Å². The predicted molar refractivity (Wildman–Crippen MR) is 82.9 cm³/mol. The van der Waals surface area contributed by atoms with Gasteiger partial charge in [0.1, 0.15) is 0 Å². The van der Waals surface area contributed by atoms with Crippen molar-refractivity contribution >= 4 is 21.4 Å². The average molecular weight is 333 g/mol. The van der Waals surface area contributed by atoms with E-state index in [4.69, 9.17) is 4.74 Å². The van der Waals surface area contributed by atoms with Gasteiger partial charge >= 0.3 is 0 Å². The third-order valence-electron chi connectivity index (χ3n) is 3.94. The van der Waals surface area contributed by atoms with Gasteiger partial charge in [-0.2, -0.15) is 4.31 Å². The number of thiophene rings is 1. The molecular formula is C14H23NO4S2. The Morgan fingerprint density at radius 2 is 2.19 bits per heavy atom. The Bertz CT molecular complexity index is 578. The molecule has 120 valence electrons. The molecule has 0 saturated heterocycles. The monoisotopic (exact) mass is 333 g/mol. The first-order valence-corrected chi connectivity index (χ1v) is 9.38. The molecule has 0 radical (unpaired) electrons. The molecule has 21 heavy (non-hydrogen) atoms. The van der Waals surface area contributed by atoms with E-state index in [1.165, 1.54) is 11.3 Å². The van der Waals surface area contributed by atoms with Crippen LogP contribution in [0, 0.1) is 12.8 Å². The molecule has 1 unspecified atom stereocenters. The van der Waals surface area contributed by atoms with Gasteiger partial charge in [-0.25, -0.2) is 8.42 Å². The summed E-state index contributed by atoms with van der Waals surface area (Å²) in [5, 5.41) is 9.21. The number of ether oxygens (including phenoxy) is 1. The minimum Gasteiger partial charge on any atom is -0.391 e. The smallest absolute Gasteiger partial charge is 0.244 e. The van der Waals surface area contributed by atoms with E-state index in [0.29, 0.717) is 28.8 Å². The van der Waals surface area contributed by atoms with Gasteiger partial charge in [0.15, 0.2) is 0 Å². The fraction of sp³-hybridized carbons (Fsp3) is 0.714. The third kappa shape index (κ3) is 3.65. The molecule has 1 aromatic rings. The number of hydrogen-bond donors (Lipinski definition) is 1. The van der Waals surface area contributed by atoms with Gasteiger partial charge in [-0.15, -0.1) is 11.3 Å². The Morgan fingerprint density at radius 3 is 2.67 bits per heavy atom. The van der Waals surface area contributed by atoms with Crippen LogP contribution in [-0.4, -0.2) is 44.1 Å². The Labute approximate surface area is 130 Å². The number of hydrogen-bond acceptors (Lipinski definition) is 5. The number of sulfonamides is 1. The molecule has 0 bridgehead atoms. The number of aliphatic hydroxyl groups is 1. The summed E-state index contributed by atoms with van der Waals surface area (Å²) in [5.41, 5.74) is 0. The van der Waals surface area contributed by atoms with Gasteiger partial charge < -0.3 is 9.84 Å². The van der Waals surface area contributed by atoms with Crippen LogP contribution >= 0.6 is 11.3 Å². The Kier molecular flexibility index (Phi) is 5.43. The SMILES string of the molecule is COCCN(C(C)C1CC1)S(=O)(=O)c1cc(CO)sc1C. The molecule has 7 heteroatoms. The highest BCUT2D eigenvalue weighted by Gasteiger charge is 2.39. The molecular weight excluding hydrogens is 310 g/mol. The first-order valence-electron chi connectivity index (χ1n) is 7.12. The van der Waals surface area contributed by atoms with Crippen LogP contribution in [-0.2, 0) is 21.4 Å². The molecule has 1 aliphatic rings. The Hall–Kier alpha value is -0.470. The molecule has 1 heterocycles. The highest BCUT2D eigenvalue weighted by atomic mass is 32.2. The summed E-state index contributed by atoms with van der Waals surface area (Å²) in [6.07, 6.45) is 2.18. The van der Waals surface area contributed by atoms with Crippen LogP contribution in [0.2, 0.25) is 0 Å². The van der Waals surface area contributed by atoms with Crippen LogP contribution in [0.4, 0.5) is 0 Å². The van der Waals surface area contributed by atoms with Crippen LogP contribution in [0.1, 0.15) is 29.5 Å². The van der Waals surface area contributed by atoms with Crippen molar-refractivity contribution in [3.8, 4) is 0 Å². The van der Waals surface area contributed by atoms with Crippen molar-refractivity contribution < 1.29 is 18.3 Å². The molecule has 0 aliphatic heterocycles. The zero-order chi connectivity index (χ0) is 15.6. The Morgan fingerprint density at radius 1 is 1.52 bits per heavy atom. The fourth-order valence-corrected chi connectivity index (χ4v) is 5.66. The third-order valence-corrected chi connectivity index (χ3v) is 7.22. The van der Waals surface area contributed by atoms with Crippen molar-refractivity contribution in [2.75, 3.05) is 20.3 Å². The molecule has 2 rings (SSSR count). The lowest BCUT2D eigenvalue weighted by molar-refractivity contribution is 0.164. The molecule has 1 N–H and O–H groups in total. The standard InChI is InChI=1S/C14H23NO4S2/c1-10(12-4-5-12)15(6-7-19-3)21(17,18)14-8-13(9-16)20-11(14)2/h8,10,12,16H,4-7,9H2,1-3H3. The van der Waals surface area contributed by atoms with Gasteiger partial charge in [-0.05, 0) is 38.7 Å². The van der Waals surface area contributed by atoms with E-state index >= 15 is 0 Å². The lowest BCUT2D eigenvalue weighted by Gasteiger charge is -2.28. The Balaban J connectivity index is 2.32. The van der Waals surface area contributed by atoms with Gasteiger partial charge in [-0.1, -0.05) is 0 Å². The highest BCUT2D eigenvalue weighted by molar-refractivity contribution is 7.89. The highest BCUT2D eigenvalue weighted by Crippen LogP contribution is 2.38. The number of methoxy groups -OCH3 is 1. The van der Waals surface area contributed by atoms with E-state index < -0.39 is 10.0 Å². The van der Waals surface area contributed by atoms with Crippen LogP contribution < -0.4 is 0 Å². The van der Waals surface area contributed by atoms with Crippen molar-refractivity contribution in [1.82, 2.24) is 4.31 Å². The number of aryl methyl sites for hydroxylation is 1. The molecule has 1 saturated carbocycles. The zero-order valence-electron chi connectivity index (χ0n) is 12.7. The first-order chi connectivity index (χ1) is 9.91. The second-order valence-corrected chi connectivity index (χ2v) is 8.68. The van der Waals surface area contributed by atoms with Crippen molar-refractivity contribution in [2.24, 2.45) is 5.92 Å². The number of rotatable bonds is 8. The summed E-state index contributed by atoms with van der Waals surface area (Å²) in [6, 6.07) is 1.58. The van der Waals surface area contributed by atoms with Gasteiger partial charge in [0.25, 0.3) is 0 Å². The maximum absolute atomic E-state index is 13.0. The number of aliphatic hydroxyl groups excluding tert-OH is 1. The molecule has 5 nitrogen and oxygen atoms in total. The predicted octanol–water partition coefficient (Wildman–Crippen LogP) is 1.98. The van der Waals surface area contributed by atoms with E-state index in [0.717, 1.165) is 17.7 Å². The van der Waals surface area contributed by atoms with Gasteiger partial charge in [0.05, 0.1) is 18.1 Å². The quantitative estimate of drug-likeness (QED) is 0.790. The van der Waals surface area contributed by atoms with Crippen LogP contribution in [0.5, 0.6) is 0 Å². The zero-order valence-corrected chi connectivity index (χ0v) is 14.3. The van der Waals surface area contributed by atoms with Crippen LogP contribution in [0.25, 0.3) is 0 Å². The van der Waals surface area contributed by atoms with Crippen molar-refractivity contribution in [3.05, 3.63) is 15.8 Å². The average Bonchev–Trinajstić information content (AvgIpc) is 3.21. The molecule has 0 aromatic carbocycles. The normalized spacial score (nSPS) is 17.4. The summed E-state index contributed by atoms with van der Waals surface area (Å²) in [6.45, 7) is 4.37. The van der Waals surface area contributed by atoms with Crippen LogP contribution in [0.15, 0.2) is 11.0 Å².